The molecule has 0 radical (unpaired) electrons. The topological polar surface area (TPSA) is 87.7 Å². The second kappa shape index (κ2) is 7.28. The molecule has 1 amide bonds. The van der Waals surface area contributed by atoms with Crippen LogP contribution in [0.15, 0.2) is 0 Å². The molecule has 0 rings (SSSR count). The first-order valence-electron chi connectivity index (χ1n) is 4.27. The summed E-state index contributed by atoms with van der Waals surface area (Å²) in [5.74, 6) is -1.41. The number of carboxylic acids is 1. The van der Waals surface area contributed by atoms with Crippen molar-refractivity contribution in [2.75, 3.05) is 26.8 Å². The molecule has 0 aliphatic heterocycles. The molecular formula is C8H16N2O4. The maximum absolute atomic E-state index is 10.6. The van der Waals surface area contributed by atoms with Crippen LogP contribution in [0.4, 0.5) is 0 Å². The summed E-state index contributed by atoms with van der Waals surface area (Å²) in [5, 5.41) is 13.9. The lowest BCUT2D eigenvalue weighted by atomic mass is 10.3. The third-order valence-corrected chi connectivity index (χ3v) is 1.51. The highest BCUT2D eigenvalue weighted by atomic mass is 16.5. The predicted molar refractivity (Wildman–Crippen MR) is 50.0 cm³/mol. The molecule has 0 heterocycles. The number of ether oxygens (including phenoxy) is 1. The van der Waals surface area contributed by atoms with E-state index in [-0.39, 0.29) is 12.5 Å². The van der Waals surface area contributed by atoms with Gasteiger partial charge in [0.25, 0.3) is 0 Å². The Hall–Kier alpha value is -1.14. The summed E-state index contributed by atoms with van der Waals surface area (Å²) < 4.78 is 4.77. The van der Waals surface area contributed by atoms with E-state index in [1.165, 1.54) is 6.92 Å². The molecule has 0 aromatic carbocycles. The van der Waals surface area contributed by atoms with Gasteiger partial charge in [0.2, 0.25) is 5.91 Å². The first-order chi connectivity index (χ1) is 6.57. The summed E-state index contributed by atoms with van der Waals surface area (Å²) in [7, 11) is 1.56. The van der Waals surface area contributed by atoms with Crippen LogP contribution in [0.5, 0.6) is 0 Å². The van der Waals surface area contributed by atoms with Gasteiger partial charge in [-0.2, -0.15) is 0 Å². The lowest BCUT2D eigenvalue weighted by molar-refractivity contribution is -0.141. The summed E-state index contributed by atoms with van der Waals surface area (Å²) in [6, 6.07) is -0.885. The minimum atomic E-state index is -1.05. The van der Waals surface area contributed by atoms with Crippen LogP contribution < -0.4 is 10.6 Å². The van der Waals surface area contributed by atoms with Crippen molar-refractivity contribution in [1.29, 1.82) is 0 Å². The molecular weight excluding hydrogens is 188 g/mol. The molecule has 82 valence electrons. The molecule has 0 bridgehead atoms. The van der Waals surface area contributed by atoms with Gasteiger partial charge in [0.15, 0.2) is 0 Å². The second-order valence-corrected chi connectivity index (χ2v) is 2.79. The van der Waals surface area contributed by atoms with Crippen molar-refractivity contribution >= 4 is 11.9 Å². The predicted octanol–water partition coefficient (Wildman–Crippen LogP) is -1.19. The zero-order valence-corrected chi connectivity index (χ0v) is 8.37. The van der Waals surface area contributed by atoms with Gasteiger partial charge in [-0.15, -0.1) is 0 Å². The molecule has 0 aliphatic rings. The van der Waals surface area contributed by atoms with Crippen molar-refractivity contribution < 1.29 is 19.4 Å². The number of aliphatic carboxylic acids is 1. The van der Waals surface area contributed by atoms with Gasteiger partial charge in [-0.25, -0.2) is 4.79 Å². The van der Waals surface area contributed by atoms with Gasteiger partial charge in [0, 0.05) is 27.1 Å². The SMILES string of the molecule is COCCNCC(NC(C)=O)C(=O)O. The Morgan fingerprint density at radius 3 is 2.57 bits per heavy atom. The standard InChI is InChI=1S/C8H16N2O4/c1-6(11)10-7(8(12)13)5-9-3-4-14-2/h7,9H,3-5H2,1-2H3,(H,10,11)(H,12,13). The zero-order chi connectivity index (χ0) is 11.0. The fraction of sp³-hybridized carbons (Fsp3) is 0.750. The van der Waals surface area contributed by atoms with Crippen LogP contribution >= 0.6 is 0 Å². The van der Waals surface area contributed by atoms with Crippen molar-refractivity contribution in [3.8, 4) is 0 Å². The Morgan fingerprint density at radius 2 is 2.14 bits per heavy atom. The van der Waals surface area contributed by atoms with Crippen LogP contribution in [0.2, 0.25) is 0 Å². The van der Waals surface area contributed by atoms with Gasteiger partial charge in [-0.1, -0.05) is 0 Å². The quantitative estimate of drug-likeness (QED) is 0.454. The summed E-state index contributed by atoms with van der Waals surface area (Å²) in [4.78, 5) is 21.2. The highest BCUT2D eigenvalue weighted by Crippen LogP contribution is 1.82. The van der Waals surface area contributed by atoms with Crippen LogP contribution in [-0.2, 0) is 14.3 Å². The summed E-state index contributed by atoms with van der Waals surface area (Å²) in [6.45, 7) is 2.54. The molecule has 6 heteroatoms. The molecule has 6 nitrogen and oxygen atoms in total. The van der Waals surface area contributed by atoms with Crippen LogP contribution in [0.1, 0.15) is 6.92 Å². The number of methoxy groups -OCH3 is 1. The van der Waals surface area contributed by atoms with E-state index in [1.54, 1.807) is 7.11 Å². The fourth-order valence-corrected chi connectivity index (χ4v) is 0.866. The number of amides is 1. The Bertz CT molecular complexity index is 196. The number of carbonyl (C=O) groups is 2. The number of rotatable bonds is 7. The average molecular weight is 204 g/mol. The van der Waals surface area contributed by atoms with E-state index in [9.17, 15) is 9.59 Å². The monoisotopic (exact) mass is 204 g/mol. The number of carboxylic acid groups (broad SMARTS) is 1. The van der Waals surface area contributed by atoms with E-state index in [4.69, 9.17) is 9.84 Å². The second-order valence-electron chi connectivity index (χ2n) is 2.79. The Kier molecular flexibility index (Phi) is 6.69. The van der Waals surface area contributed by atoms with Crippen molar-refractivity contribution in [1.82, 2.24) is 10.6 Å². The van der Waals surface area contributed by atoms with Gasteiger partial charge in [-0.3, -0.25) is 4.79 Å². The van der Waals surface area contributed by atoms with Gasteiger partial charge in [0.1, 0.15) is 6.04 Å². The molecule has 0 saturated heterocycles. The summed E-state index contributed by atoms with van der Waals surface area (Å²) in [6.07, 6.45) is 0. The van der Waals surface area contributed by atoms with Gasteiger partial charge < -0.3 is 20.5 Å². The van der Waals surface area contributed by atoms with Crippen molar-refractivity contribution in [3.05, 3.63) is 0 Å². The van der Waals surface area contributed by atoms with Crippen LogP contribution in [0.3, 0.4) is 0 Å². The minimum absolute atomic E-state index is 0.193. The van der Waals surface area contributed by atoms with E-state index in [0.29, 0.717) is 13.2 Å². The van der Waals surface area contributed by atoms with E-state index in [2.05, 4.69) is 10.6 Å². The van der Waals surface area contributed by atoms with Gasteiger partial charge >= 0.3 is 5.97 Å². The van der Waals surface area contributed by atoms with E-state index in [1.807, 2.05) is 0 Å². The Labute approximate surface area is 82.6 Å². The van der Waals surface area contributed by atoms with Crippen LogP contribution in [0, 0.1) is 0 Å². The lowest BCUT2D eigenvalue weighted by Crippen LogP contribution is -2.46. The average Bonchev–Trinajstić information content (AvgIpc) is 2.09. The molecule has 0 spiro atoms. The molecule has 0 aromatic rings. The normalized spacial score (nSPS) is 12.1. The number of hydrogen-bond donors (Lipinski definition) is 3. The summed E-state index contributed by atoms with van der Waals surface area (Å²) in [5.41, 5.74) is 0. The van der Waals surface area contributed by atoms with Gasteiger partial charge in [-0.05, 0) is 0 Å². The highest BCUT2D eigenvalue weighted by Gasteiger charge is 2.16. The van der Waals surface area contributed by atoms with E-state index >= 15 is 0 Å². The highest BCUT2D eigenvalue weighted by molar-refractivity contribution is 5.82. The molecule has 0 aromatic heterocycles. The molecule has 14 heavy (non-hydrogen) atoms. The third-order valence-electron chi connectivity index (χ3n) is 1.51. The molecule has 1 atom stereocenters. The number of hydrogen-bond acceptors (Lipinski definition) is 4. The third kappa shape index (κ3) is 6.38. The molecule has 1 unspecified atom stereocenters. The molecule has 0 aliphatic carbocycles. The fourth-order valence-electron chi connectivity index (χ4n) is 0.866. The first-order valence-corrected chi connectivity index (χ1v) is 4.27. The number of carbonyl (C=O) groups excluding carboxylic acids is 1. The van der Waals surface area contributed by atoms with E-state index in [0.717, 1.165) is 0 Å². The lowest BCUT2D eigenvalue weighted by Gasteiger charge is -2.13. The van der Waals surface area contributed by atoms with Crippen LogP contribution in [0.25, 0.3) is 0 Å². The molecule has 0 saturated carbocycles. The maximum Gasteiger partial charge on any atom is 0.327 e. The summed E-state index contributed by atoms with van der Waals surface area (Å²) >= 11 is 0. The largest absolute Gasteiger partial charge is 0.480 e. The first kappa shape index (κ1) is 12.9. The zero-order valence-electron chi connectivity index (χ0n) is 8.37. The molecule has 0 fully saturated rings. The van der Waals surface area contributed by atoms with Crippen molar-refractivity contribution in [2.45, 2.75) is 13.0 Å². The Balaban J connectivity index is 3.74. The van der Waals surface area contributed by atoms with Gasteiger partial charge in [0.05, 0.1) is 6.61 Å². The molecule has 3 N–H and O–H groups in total. The van der Waals surface area contributed by atoms with E-state index < -0.39 is 12.0 Å². The van der Waals surface area contributed by atoms with Crippen LogP contribution in [-0.4, -0.2) is 49.8 Å². The minimum Gasteiger partial charge on any atom is -0.480 e. The van der Waals surface area contributed by atoms with Crippen molar-refractivity contribution in [2.24, 2.45) is 0 Å². The Morgan fingerprint density at radius 1 is 1.50 bits per heavy atom. The maximum atomic E-state index is 10.6. The smallest absolute Gasteiger partial charge is 0.327 e. The number of nitrogens with one attached hydrogen (secondary N) is 2. The van der Waals surface area contributed by atoms with Crippen molar-refractivity contribution in [3.63, 3.8) is 0 Å².